The zero-order valence-corrected chi connectivity index (χ0v) is 9.90. The third kappa shape index (κ3) is 2.22. The van der Waals surface area contributed by atoms with E-state index in [0.29, 0.717) is 6.54 Å². The first kappa shape index (κ1) is 13.8. The van der Waals surface area contributed by atoms with Gasteiger partial charge in [0.05, 0.1) is 11.9 Å². The van der Waals surface area contributed by atoms with E-state index in [1.165, 1.54) is 30.5 Å². The van der Waals surface area contributed by atoms with Crippen LogP contribution in [0.15, 0.2) is 6.20 Å². The van der Waals surface area contributed by atoms with Crippen molar-refractivity contribution in [1.29, 1.82) is 0 Å². The molecule has 0 atom stereocenters. The summed E-state index contributed by atoms with van der Waals surface area (Å²) in [5.41, 5.74) is 8.24. The van der Waals surface area contributed by atoms with Gasteiger partial charge >= 0.3 is 0 Å². The normalized spacial score (nSPS) is 15.3. The summed E-state index contributed by atoms with van der Waals surface area (Å²) in [5.74, 6) is 0.747. The molecule has 1 aliphatic carbocycles. The van der Waals surface area contributed by atoms with Crippen LogP contribution in [0, 0.1) is 0 Å². The Hall–Kier alpha value is -0.250. The Morgan fingerprint density at radius 3 is 2.57 bits per heavy atom. The molecule has 5 heteroatoms. The van der Waals surface area contributed by atoms with Gasteiger partial charge in [0, 0.05) is 13.6 Å². The van der Waals surface area contributed by atoms with Crippen molar-refractivity contribution in [3.8, 4) is 0 Å². The minimum absolute atomic E-state index is 0. The van der Waals surface area contributed by atoms with Gasteiger partial charge in [0.1, 0.15) is 0 Å². The average Bonchev–Trinajstić information content (AvgIpc) is 2.29. The van der Waals surface area contributed by atoms with Crippen LogP contribution in [0.1, 0.15) is 36.4 Å². The Bertz CT molecular complexity index is 282. The molecule has 1 aromatic rings. The molecule has 0 amide bonds. The van der Waals surface area contributed by atoms with Crippen molar-refractivity contribution in [2.45, 2.75) is 31.7 Å². The van der Waals surface area contributed by atoms with E-state index in [2.05, 4.69) is 5.10 Å². The van der Waals surface area contributed by atoms with E-state index in [4.69, 9.17) is 5.73 Å². The lowest BCUT2D eigenvalue weighted by atomic mass is 9.80. The molecule has 82 valence electrons. The molecule has 0 aliphatic heterocycles. The summed E-state index contributed by atoms with van der Waals surface area (Å²) in [6, 6.07) is 0. The predicted molar refractivity (Wildman–Crippen MR) is 62.2 cm³/mol. The number of aromatic nitrogens is 2. The maximum atomic E-state index is 5.65. The van der Waals surface area contributed by atoms with Crippen LogP contribution in [0.4, 0.5) is 0 Å². The van der Waals surface area contributed by atoms with Crippen molar-refractivity contribution < 1.29 is 0 Å². The van der Waals surface area contributed by atoms with Gasteiger partial charge in [-0.3, -0.25) is 4.68 Å². The van der Waals surface area contributed by atoms with Crippen molar-refractivity contribution in [3.05, 3.63) is 17.5 Å². The van der Waals surface area contributed by atoms with E-state index in [9.17, 15) is 0 Å². The van der Waals surface area contributed by atoms with Gasteiger partial charge in [0.15, 0.2) is 0 Å². The first-order chi connectivity index (χ1) is 5.83. The molecular weight excluding hydrogens is 221 g/mol. The zero-order valence-electron chi connectivity index (χ0n) is 8.27. The number of rotatable bonds is 2. The second-order valence-electron chi connectivity index (χ2n) is 3.50. The molecule has 3 nitrogen and oxygen atoms in total. The van der Waals surface area contributed by atoms with Gasteiger partial charge in [-0.15, -0.1) is 24.8 Å². The highest BCUT2D eigenvalue weighted by molar-refractivity contribution is 5.85. The molecule has 0 radical (unpaired) electrons. The Labute approximate surface area is 96.9 Å². The van der Waals surface area contributed by atoms with E-state index >= 15 is 0 Å². The lowest BCUT2D eigenvalue weighted by Gasteiger charge is -2.25. The van der Waals surface area contributed by atoms with Gasteiger partial charge in [0.25, 0.3) is 0 Å². The fourth-order valence-corrected chi connectivity index (χ4v) is 1.79. The first-order valence-corrected chi connectivity index (χ1v) is 4.53. The number of aryl methyl sites for hydroxylation is 1. The molecule has 14 heavy (non-hydrogen) atoms. The predicted octanol–water partition coefficient (Wildman–Crippen LogP) is 1.99. The molecule has 0 spiro atoms. The van der Waals surface area contributed by atoms with Crippen LogP contribution < -0.4 is 5.73 Å². The number of nitrogens with zero attached hydrogens (tertiary/aromatic N) is 2. The Morgan fingerprint density at radius 2 is 2.14 bits per heavy atom. The quantitative estimate of drug-likeness (QED) is 0.856. The molecule has 1 aliphatic rings. The number of nitrogens with two attached hydrogens (primary N) is 1. The molecule has 0 unspecified atom stereocenters. The molecule has 1 saturated carbocycles. The van der Waals surface area contributed by atoms with Crippen LogP contribution >= 0.6 is 24.8 Å². The summed E-state index contributed by atoms with van der Waals surface area (Å²) < 4.78 is 1.90. The standard InChI is InChI=1S/C9H15N3.2ClH/c1-12-9(5-10)8(6-11-12)7-3-2-4-7;;/h6-7H,2-5,10H2,1H3;2*1H. The van der Waals surface area contributed by atoms with Gasteiger partial charge in [-0.2, -0.15) is 5.10 Å². The molecule has 1 aromatic heterocycles. The highest BCUT2D eigenvalue weighted by Gasteiger charge is 2.23. The van der Waals surface area contributed by atoms with Crippen molar-refractivity contribution >= 4 is 24.8 Å². The molecule has 2 rings (SSSR count). The fraction of sp³-hybridized carbons (Fsp3) is 0.667. The highest BCUT2D eigenvalue weighted by Crippen LogP contribution is 2.37. The van der Waals surface area contributed by atoms with Crippen LogP contribution in [0.5, 0.6) is 0 Å². The number of halogens is 2. The topological polar surface area (TPSA) is 43.8 Å². The molecule has 1 heterocycles. The molecular formula is C9H17Cl2N3. The minimum atomic E-state index is 0. The van der Waals surface area contributed by atoms with E-state index in [-0.39, 0.29) is 24.8 Å². The maximum Gasteiger partial charge on any atom is 0.0551 e. The minimum Gasteiger partial charge on any atom is -0.325 e. The summed E-state index contributed by atoms with van der Waals surface area (Å²) >= 11 is 0. The summed E-state index contributed by atoms with van der Waals surface area (Å²) in [5, 5.41) is 4.23. The van der Waals surface area contributed by atoms with Gasteiger partial charge < -0.3 is 5.73 Å². The van der Waals surface area contributed by atoms with Gasteiger partial charge in [-0.1, -0.05) is 6.42 Å². The monoisotopic (exact) mass is 237 g/mol. The maximum absolute atomic E-state index is 5.65. The fourth-order valence-electron chi connectivity index (χ4n) is 1.79. The van der Waals surface area contributed by atoms with Crippen molar-refractivity contribution in [2.75, 3.05) is 0 Å². The van der Waals surface area contributed by atoms with Gasteiger partial charge in [-0.05, 0) is 24.3 Å². The van der Waals surface area contributed by atoms with E-state index in [1.807, 2.05) is 17.9 Å². The smallest absolute Gasteiger partial charge is 0.0551 e. The summed E-state index contributed by atoms with van der Waals surface area (Å²) in [7, 11) is 1.96. The largest absolute Gasteiger partial charge is 0.325 e. The lowest BCUT2D eigenvalue weighted by molar-refractivity contribution is 0.416. The zero-order chi connectivity index (χ0) is 8.55. The van der Waals surface area contributed by atoms with E-state index < -0.39 is 0 Å². The number of hydrogen-bond acceptors (Lipinski definition) is 2. The van der Waals surface area contributed by atoms with Crippen molar-refractivity contribution in [3.63, 3.8) is 0 Å². The second kappa shape index (κ2) is 5.59. The van der Waals surface area contributed by atoms with Crippen LogP contribution in [0.25, 0.3) is 0 Å². The van der Waals surface area contributed by atoms with E-state index in [1.54, 1.807) is 0 Å². The third-order valence-corrected chi connectivity index (χ3v) is 2.83. The Kier molecular flexibility index (Phi) is 5.49. The van der Waals surface area contributed by atoms with Crippen molar-refractivity contribution in [1.82, 2.24) is 9.78 Å². The average molecular weight is 238 g/mol. The summed E-state index contributed by atoms with van der Waals surface area (Å²) in [4.78, 5) is 0. The van der Waals surface area contributed by atoms with Gasteiger partial charge in [0.2, 0.25) is 0 Å². The molecule has 0 bridgehead atoms. The van der Waals surface area contributed by atoms with Crippen LogP contribution in [0.3, 0.4) is 0 Å². The van der Waals surface area contributed by atoms with Gasteiger partial charge in [-0.25, -0.2) is 0 Å². The van der Waals surface area contributed by atoms with Crippen LogP contribution in [-0.4, -0.2) is 9.78 Å². The van der Waals surface area contributed by atoms with Crippen LogP contribution in [-0.2, 0) is 13.6 Å². The summed E-state index contributed by atoms with van der Waals surface area (Å²) in [6.07, 6.45) is 5.98. The van der Waals surface area contributed by atoms with Crippen molar-refractivity contribution in [2.24, 2.45) is 12.8 Å². The second-order valence-corrected chi connectivity index (χ2v) is 3.50. The lowest BCUT2D eigenvalue weighted by Crippen LogP contribution is -2.13. The third-order valence-electron chi connectivity index (χ3n) is 2.83. The molecule has 2 N–H and O–H groups in total. The Morgan fingerprint density at radius 1 is 1.50 bits per heavy atom. The SMILES string of the molecule is Cl.Cl.Cn1ncc(C2CCC2)c1CN. The number of hydrogen-bond donors (Lipinski definition) is 1. The molecule has 0 aromatic carbocycles. The molecule has 1 fully saturated rings. The first-order valence-electron chi connectivity index (χ1n) is 4.53. The Balaban J connectivity index is 0.000000845. The molecule has 0 saturated heterocycles. The summed E-state index contributed by atoms with van der Waals surface area (Å²) in [6.45, 7) is 0.613. The van der Waals surface area contributed by atoms with Crippen LogP contribution in [0.2, 0.25) is 0 Å². The van der Waals surface area contributed by atoms with E-state index in [0.717, 1.165) is 5.92 Å². The highest BCUT2D eigenvalue weighted by atomic mass is 35.5.